The van der Waals surface area contributed by atoms with Crippen molar-refractivity contribution in [3.05, 3.63) is 52.0 Å². The smallest absolute Gasteiger partial charge is 0.240 e. The predicted molar refractivity (Wildman–Crippen MR) is 107 cm³/mol. The molecule has 0 N–H and O–H groups in total. The monoisotopic (exact) mass is 432 g/mol. The minimum absolute atomic E-state index is 0.120. The number of hydrogen-bond acceptors (Lipinski definition) is 5. The van der Waals surface area contributed by atoms with E-state index in [1.807, 2.05) is 36.4 Å². The molecule has 0 radical (unpaired) electrons. The van der Waals surface area contributed by atoms with Gasteiger partial charge in [0.25, 0.3) is 0 Å². The third kappa shape index (κ3) is 3.78. The number of methoxy groups -OCH3 is 3. The van der Waals surface area contributed by atoms with Crippen molar-refractivity contribution in [1.82, 2.24) is 5.01 Å². The van der Waals surface area contributed by atoms with Gasteiger partial charge in [0.05, 0.1) is 33.1 Å². The van der Waals surface area contributed by atoms with Crippen LogP contribution in [0.25, 0.3) is 0 Å². The number of hydrazone groups is 1. The lowest BCUT2D eigenvalue weighted by molar-refractivity contribution is -0.130. The van der Waals surface area contributed by atoms with Crippen LogP contribution >= 0.6 is 15.9 Å². The first-order valence-corrected chi connectivity index (χ1v) is 9.21. The van der Waals surface area contributed by atoms with Gasteiger partial charge in [-0.05, 0) is 47.5 Å². The average molecular weight is 433 g/mol. The van der Waals surface area contributed by atoms with Crippen LogP contribution in [0.15, 0.2) is 46.0 Å². The van der Waals surface area contributed by atoms with Crippen LogP contribution < -0.4 is 14.2 Å². The van der Waals surface area contributed by atoms with Crippen molar-refractivity contribution < 1.29 is 19.0 Å². The molecule has 0 spiro atoms. The van der Waals surface area contributed by atoms with Crippen molar-refractivity contribution in [2.24, 2.45) is 5.10 Å². The van der Waals surface area contributed by atoms with Gasteiger partial charge in [-0.1, -0.05) is 15.9 Å². The number of carbonyl (C=O) groups excluding carboxylic acids is 1. The maximum atomic E-state index is 12.2. The molecule has 1 heterocycles. The van der Waals surface area contributed by atoms with Gasteiger partial charge in [0.15, 0.2) is 11.5 Å². The number of rotatable bonds is 5. The van der Waals surface area contributed by atoms with E-state index in [1.165, 1.54) is 11.9 Å². The molecular weight excluding hydrogens is 412 g/mol. The first-order chi connectivity index (χ1) is 13.0. The van der Waals surface area contributed by atoms with E-state index >= 15 is 0 Å². The number of ether oxygens (including phenoxy) is 3. The highest BCUT2D eigenvalue weighted by molar-refractivity contribution is 9.10. The van der Waals surface area contributed by atoms with Gasteiger partial charge in [-0.25, -0.2) is 5.01 Å². The maximum Gasteiger partial charge on any atom is 0.240 e. The lowest BCUT2D eigenvalue weighted by Gasteiger charge is -2.23. The molecule has 1 unspecified atom stereocenters. The second kappa shape index (κ2) is 8.00. The molecule has 0 fully saturated rings. The topological polar surface area (TPSA) is 60.4 Å². The van der Waals surface area contributed by atoms with Gasteiger partial charge in [-0.3, -0.25) is 4.79 Å². The lowest BCUT2D eigenvalue weighted by atomic mass is 9.98. The standard InChI is InChI=1S/C20H21BrN2O4/c1-12(24)23-18(15-9-19(26-3)20(27-4)10-16(15)21)11-17(22-23)13-5-7-14(25-2)8-6-13/h5-10,18H,11H2,1-4H3. The SMILES string of the molecule is COc1ccc(C2=NN(C(C)=O)C(c3cc(OC)c(OC)cc3Br)C2)cc1. The molecule has 142 valence electrons. The van der Waals surface area contributed by atoms with E-state index in [-0.39, 0.29) is 11.9 Å². The van der Waals surface area contributed by atoms with Crippen LogP contribution in [0.3, 0.4) is 0 Å². The van der Waals surface area contributed by atoms with Gasteiger partial charge in [-0.15, -0.1) is 0 Å². The fourth-order valence-corrected chi connectivity index (χ4v) is 3.71. The van der Waals surface area contributed by atoms with Crippen molar-refractivity contribution in [1.29, 1.82) is 0 Å². The molecule has 0 bridgehead atoms. The van der Waals surface area contributed by atoms with E-state index in [2.05, 4.69) is 21.0 Å². The number of benzene rings is 2. The van der Waals surface area contributed by atoms with Crippen molar-refractivity contribution in [2.75, 3.05) is 21.3 Å². The molecule has 6 nitrogen and oxygen atoms in total. The van der Waals surface area contributed by atoms with Gasteiger partial charge in [0.1, 0.15) is 5.75 Å². The molecule has 27 heavy (non-hydrogen) atoms. The summed E-state index contributed by atoms with van der Waals surface area (Å²) in [5, 5.41) is 6.10. The molecule has 0 aromatic heterocycles. The Labute approximate surface area is 166 Å². The molecule has 3 rings (SSSR count). The summed E-state index contributed by atoms with van der Waals surface area (Å²) < 4.78 is 16.8. The average Bonchev–Trinajstić information content (AvgIpc) is 3.13. The Hall–Kier alpha value is -2.54. The summed E-state index contributed by atoms with van der Waals surface area (Å²) in [6.45, 7) is 1.52. The highest BCUT2D eigenvalue weighted by atomic mass is 79.9. The first kappa shape index (κ1) is 19.2. The number of carbonyl (C=O) groups is 1. The van der Waals surface area contributed by atoms with Gasteiger partial charge >= 0.3 is 0 Å². The van der Waals surface area contributed by atoms with Crippen LogP contribution in [0.5, 0.6) is 17.2 Å². The quantitative estimate of drug-likeness (QED) is 0.710. The third-order valence-electron chi connectivity index (χ3n) is 4.52. The van der Waals surface area contributed by atoms with Crippen molar-refractivity contribution in [3.8, 4) is 17.2 Å². The highest BCUT2D eigenvalue weighted by Crippen LogP contribution is 2.41. The molecule has 1 atom stereocenters. The van der Waals surface area contributed by atoms with Crippen LogP contribution in [-0.2, 0) is 4.79 Å². The van der Waals surface area contributed by atoms with E-state index in [0.717, 1.165) is 27.1 Å². The Morgan fingerprint density at radius 3 is 2.26 bits per heavy atom. The number of amides is 1. The summed E-state index contributed by atoms with van der Waals surface area (Å²) in [5.41, 5.74) is 2.72. The Morgan fingerprint density at radius 1 is 1.07 bits per heavy atom. The predicted octanol–water partition coefficient (Wildman–Crippen LogP) is 4.17. The lowest BCUT2D eigenvalue weighted by Crippen LogP contribution is -2.24. The Balaban J connectivity index is 1.98. The van der Waals surface area contributed by atoms with Crippen LogP contribution in [0.2, 0.25) is 0 Å². The molecule has 1 aliphatic rings. The number of hydrogen-bond donors (Lipinski definition) is 0. The minimum atomic E-state index is -0.228. The van der Waals surface area contributed by atoms with Gasteiger partial charge in [0.2, 0.25) is 5.91 Å². The van der Waals surface area contributed by atoms with Gasteiger partial charge < -0.3 is 14.2 Å². The number of halogens is 1. The normalized spacial score (nSPS) is 16.1. The molecule has 2 aromatic rings. The fourth-order valence-electron chi connectivity index (χ4n) is 3.13. The van der Waals surface area contributed by atoms with E-state index in [9.17, 15) is 4.79 Å². The summed E-state index contributed by atoms with van der Waals surface area (Å²) in [4.78, 5) is 12.2. The first-order valence-electron chi connectivity index (χ1n) is 8.41. The van der Waals surface area contributed by atoms with Crippen LogP contribution in [0.1, 0.15) is 30.5 Å². The van der Waals surface area contributed by atoms with Crippen molar-refractivity contribution in [2.45, 2.75) is 19.4 Å². The molecule has 7 heteroatoms. The van der Waals surface area contributed by atoms with Gasteiger partial charge in [-0.2, -0.15) is 5.10 Å². The van der Waals surface area contributed by atoms with E-state index < -0.39 is 0 Å². The van der Waals surface area contributed by atoms with Gasteiger partial charge in [0, 0.05) is 17.8 Å². The number of nitrogens with zero attached hydrogens (tertiary/aromatic N) is 2. The molecule has 0 saturated carbocycles. The zero-order valence-electron chi connectivity index (χ0n) is 15.7. The fraction of sp³-hybridized carbons (Fsp3) is 0.300. The second-order valence-electron chi connectivity index (χ2n) is 6.09. The molecular formula is C20H21BrN2O4. The summed E-state index contributed by atoms with van der Waals surface area (Å²) in [7, 11) is 4.81. The second-order valence-corrected chi connectivity index (χ2v) is 6.94. The summed E-state index contributed by atoms with van der Waals surface area (Å²) >= 11 is 3.59. The van der Waals surface area contributed by atoms with Crippen molar-refractivity contribution in [3.63, 3.8) is 0 Å². The molecule has 2 aromatic carbocycles. The molecule has 1 aliphatic heterocycles. The summed E-state index contributed by atoms with van der Waals surface area (Å²) in [6.07, 6.45) is 0.597. The largest absolute Gasteiger partial charge is 0.497 e. The minimum Gasteiger partial charge on any atom is -0.497 e. The van der Waals surface area contributed by atoms with Crippen LogP contribution in [-0.4, -0.2) is 38.0 Å². The van der Waals surface area contributed by atoms with E-state index in [1.54, 1.807) is 21.3 Å². The van der Waals surface area contributed by atoms with E-state index in [0.29, 0.717) is 17.9 Å². The molecule has 0 saturated heterocycles. The molecule has 0 aliphatic carbocycles. The Bertz CT molecular complexity index is 880. The highest BCUT2D eigenvalue weighted by Gasteiger charge is 2.33. The zero-order chi connectivity index (χ0) is 19.6. The van der Waals surface area contributed by atoms with E-state index in [4.69, 9.17) is 14.2 Å². The maximum absolute atomic E-state index is 12.2. The van der Waals surface area contributed by atoms with Crippen LogP contribution in [0, 0.1) is 0 Å². The Morgan fingerprint density at radius 2 is 1.70 bits per heavy atom. The third-order valence-corrected chi connectivity index (χ3v) is 5.20. The summed E-state index contributed by atoms with van der Waals surface area (Å²) in [5.74, 6) is 1.89. The zero-order valence-corrected chi connectivity index (χ0v) is 17.2. The van der Waals surface area contributed by atoms with Crippen LogP contribution in [0.4, 0.5) is 0 Å². The van der Waals surface area contributed by atoms with Crippen molar-refractivity contribution >= 4 is 27.5 Å². The summed E-state index contributed by atoms with van der Waals surface area (Å²) in [6, 6.07) is 11.2. The Kier molecular flexibility index (Phi) is 5.70. The molecule has 1 amide bonds.